The van der Waals surface area contributed by atoms with Crippen molar-refractivity contribution in [3.05, 3.63) is 47.5 Å². The number of rotatable bonds is 10. The lowest BCUT2D eigenvalue weighted by Gasteiger charge is -2.21. The summed E-state index contributed by atoms with van der Waals surface area (Å²) < 4.78 is 6.46. The Balaban J connectivity index is 1.72. The Morgan fingerprint density at radius 1 is 1.17 bits per heavy atom. The molecule has 8 heteroatoms. The Bertz CT molecular complexity index is 976. The highest BCUT2D eigenvalue weighted by Crippen LogP contribution is 2.34. The minimum absolute atomic E-state index is 0.0910. The molecular weight excluding hydrogens is 438 g/mol. The van der Waals surface area contributed by atoms with Gasteiger partial charge in [-0.05, 0) is 63.5 Å². The van der Waals surface area contributed by atoms with Gasteiger partial charge in [-0.3, -0.25) is 9.69 Å². The fourth-order valence-electron chi connectivity index (χ4n) is 2.99. The molecule has 0 aliphatic rings. The third kappa shape index (κ3) is 6.11. The number of thiazole rings is 1. The van der Waals surface area contributed by atoms with Gasteiger partial charge in [0.05, 0.1) is 11.8 Å². The molecule has 1 aromatic heterocycles. The number of carbonyl (C=O) groups excluding carboxylic acids is 1. The molecule has 0 fully saturated rings. The van der Waals surface area contributed by atoms with Gasteiger partial charge in [-0.2, -0.15) is 0 Å². The molecule has 0 spiro atoms. The molecule has 30 heavy (non-hydrogen) atoms. The maximum Gasteiger partial charge on any atom is 0.229 e. The number of hydrogen-bond acceptors (Lipinski definition) is 6. The van der Waals surface area contributed by atoms with E-state index >= 15 is 0 Å². The molecular formula is C22H26ClN3O2S2. The molecule has 1 heterocycles. The first-order valence-corrected chi connectivity index (χ1v) is 11.9. The Morgan fingerprint density at radius 2 is 1.93 bits per heavy atom. The minimum atomic E-state index is 0.0910. The second-order valence-corrected chi connectivity index (χ2v) is 9.67. The lowest BCUT2D eigenvalue weighted by atomic mass is 10.3. The van der Waals surface area contributed by atoms with Gasteiger partial charge >= 0.3 is 0 Å². The zero-order valence-electron chi connectivity index (χ0n) is 17.4. The van der Waals surface area contributed by atoms with Crippen molar-refractivity contribution in [1.29, 1.82) is 0 Å². The maximum absolute atomic E-state index is 13.1. The average molecular weight is 464 g/mol. The predicted octanol–water partition coefficient (Wildman–Crippen LogP) is 5.43. The van der Waals surface area contributed by atoms with Crippen molar-refractivity contribution in [3.8, 4) is 5.75 Å². The highest BCUT2D eigenvalue weighted by Gasteiger charge is 2.20. The number of amides is 1. The van der Waals surface area contributed by atoms with E-state index in [0.29, 0.717) is 23.7 Å². The van der Waals surface area contributed by atoms with Crippen LogP contribution >= 0.6 is 34.7 Å². The summed E-state index contributed by atoms with van der Waals surface area (Å²) in [5, 5.41) is 1.45. The van der Waals surface area contributed by atoms with Crippen molar-refractivity contribution < 1.29 is 9.53 Å². The zero-order chi connectivity index (χ0) is 21.5. The van der Waals surface area contributed by atoms with Gasteiger partial charge in [0.2, 0.25) is 5.91 Å². The van der Waals surface area contributed by atoms with Crippen molar-refractivity contribution in [2.75, 3.05) is 44.9 Å². The molecule has 0 atom stereocenters. The van der Waals surface area contributed by atoms with Gasteiger partial charge in [-0.25, -0.2) is 4.98 Å². The third-order valence-electron chi connectivity index (χ3n) is 4.51. The summed E-state index contributed by atoms with van der Waals surface area (Å²) >= 11 is 9.13. The molecule has 0 saturated carbocycles. The predicted molar refractivity (Wildman–Crippen MR) is 128 cm³/mol. The van der Waals surface area contributed by atoms with E-state index < -0.39 is 0 Å². The van der Waals surface area contributed by atoms with Crippen LogP contribution in [0, 0.1) is 0 Å². The van der Waals surface area contributed by atoms with Crippen LogP contribution in [-0.4, -0.2) is 55.8 Å². The number of methoxy groups -OCH3 is 1. The van der Waals surface area contributed by atoms with Gasteiger partial charge in [-0.1, -0.05) is 29.0 Å². The van der Waals surface area contributed by atoms with Gasteiger partial charge < -0.3 is 9.64 Å². The van der Waals surface area contributed by atoms with Gasteiger partial charge in [-0.15, -0.1) is 11.8 Å². The lowest BCUT2D eigenvalue weighted by molar-refractivity contribution is -0.118. The largest absolute Gasteiger partial charge is 0.494 e. The van der Waals surface area contributed by atoms with Crippen LogP contribution in [0.1, 0.15) is 12.8 Å². The van der Waals surface area contributed by atoms with Crippen molar-refractivity contribution in [3.63, 3.8) is 0 Å². The van der Waals surface area contributed by atoms with Crippen LogP contribution in [0.4, 0.5) is 5.13 Å². The Hall–Kier alpha value is -1.80. The van der Waals surface area contributed by atoms with Crippen LogP contribution in [0.25, 0.3) is 10.2 Å². The van der Waals surface area contributed by atoms with E-state index in [4.69, 9.17) is 21.3 Å². The average Bonchev–Trinajstić information content (AvgIpc) is 3.16. The van der Waals surface area contributed by atoms with E-state index in [1.54, 1.807) is 18.9 Å². The topological polar surface area (TPSA) is 45.7 Å². The Labute approximate surface area is 191 Å². The fourth-order valence-corrected chi connectivity index (χ4v) is 4.98. The number of thioether (sulfide) groups is 1. The second-order valence-electron chi connectivity index (χ2n) is 7.06. The van der Waals surface area contributed by atoms with E-state index in [0.717, 1.165) is 39.0 Å². The van der Waals surface area contributed by atoms with Crippen molar-refractivity contribution >= 4 is 56.0 Å². The Kier molecular flexibility index (Phi) is 8.39. The summed E-state index contributed by atoms with van der Waals surface area (Å²) in [6.07, 6.45) is 1.33. The minimum Gasteiger partial charge on any atom is -0.494 e. The number of hydrogen-bond donors (Lipinski definition) is 0. The molecule has 0 radical (unpaired) electrons. The van der Waals surface area contributed by atoms with E-state index in [2.05, 4.69) is 4.90 Å². The van der Waals surface area contributed by atoms with E-state index in [9.17, 15) is 4.79 Å². The summed E-state index contributed by atoms with van der Waals surface area (Å²) in [5.74, 6) is 1.53. The van der Waals surface area contributed by atoms with Crippen LogP contribution in [-0.2, 0) is 4.79 Å². The molecule has 0 bridgehead atoms. The number of ether oxygens (including phenoxy) is 1. The normalized spacial score (nSPS) is 11.2. The van der Waals surface area contributed by atoms with Gasteiger partial charge in [0.1, 0.15) is 11.3 Å². The first-order valence-electron chi connectivity index (χ1n) is 9.75. The van der Waals surface area contributed by atoms with Crippen LogP contribution in [0.15, 0.2) is 47.4 Å². The fraction of sp³-hybridized carbons (Fsp3) is 0.364. The monoisotopic (exact) mass is 463 g/mol. The smallest absolute Gasteiger partial charge is 0.229 e. The van der Waals surface area contributed by atoms with E-state index in [-0.39, 0.29) is 5.91 Å². The van der Waals surface area contributed by atoms with Gasteiger partial charge in [0.25, 0.3) is 0 Å². The molecule has 1 amide bonds. The van der Waals surface area contributed by atoms with E-state index in [1.807, 2.05) is 61.5 Å². The SMILES string of the molecule is COc1cccc2sc(N(CCCN(C)C)C(=O)CCSc3ccc(Cl)cc3)nc12. The van der Waals surface area contributed by atoms with Crippen molar-refractivity contribution in [2.24, 2.45) is 0 Å². The third-order valence-corrected chi connectivity index (χ3v) is 6.82. The summed E-state index contributed by atoms with van der Waals surface area (Å²) in [4.78, 5) is 22.9. The number of aromatic nitrogens is 1. The highest BCUT2D eigenvalue weighted by molar-refractivity contribution is 7.99. The summed E-state index contributed by atoms with van der Waals surface area (Å²) in [5.41, 5.74) is 0.806. The van der Waals surface area contributed by atoms with Crippen LogP contribution < -0.4 is 9.64 Å². The zero-order valence-corrected chi connectivity index (χ0v) is 19.8. The highest BCUT2D eigenvalue weighted by atomic mass is 35.5. The molecule has 3 rings (SSSR count). The number of benzene rings is 2. The number of nitrogens with zero attached hydrogens (tertiary/aromatic N) is 3. The standard InChI is InChI=1S/C22H26ClN3O2S2/c1-25(2)13-5-14-26(20(27)12-15-29-17-10-8-16(23)9-11-17)22-24-21-18(28-3)6-4-7-19(21)30-22/h4,6-11H,5,12-15H2,1-3H3. The first kappa shape index (κ1) is 22.9. The number of anilines is 1. The molecule has 0 unspecified atom stereocenters. The molecule has 2 aromatic carbocycles. The number of carbonyl (C=O) groups is 1. The quantitative estimate of drug-likeness (QED) is 0.375. The molecule has 0 aliphatic heterocycles. The molecule has 3 aromatic rings. The van der Waals surface area contributed by atoms with Crippen LogP contribution in [0.5, 0.6) is 5.75 Å². The summed E-state index contributed by atoms with van der Waals surface area (Å²) in [7, 11) is 5.72. The van der Waals surface area contributed by atoms with Gasteiger partial charge in [0, 0.05) is 28.6 Å². The maximum atomic E-state index is 13.1. The van der Waals surface area contributed by atoms with Crippen molar-refractivity contribution in [1.82, 2.24) is 9.88 Å². The molecule has 0 aliphatic carbocycles. The summed E-state index contributed by atoms with van der Waals surface area (Å²) in [6.45, 7) is 1.56. The van der Waals surface area contributed by atoms with E-state index in [1.165, 1.54) is 11.3 Å². The lowest BCUT2D eigenvalue weighted by Crippen LogP contribution is -2.33. The number of fused-ring (bicyclic) bond motifs is 1. The molecule has 5 nitrogen and oxygen atoms in total. The first-order chi connectivity index (χ1) is 14.5. The second kappa shape index (κ2) is 11.0. The Morgan fingerprint density at radius 3 is 2.63 bits per heavy atom. The number of halogens is 1. The molecule has 0 N–H and O–H groups in total. The molecule has 160 valence electrons. The van der Waals surface area contributed by atoms with Crippen LogP contribution in [0.3, 0.4) is 0 Å². The summed E-state index contributed by atoms with van der Waals surface area (Å²) in [6, 6.07) is 13.6. The van der Waals surface area contributed by atoms with Crippen LogP contribution in [0.2, 0.25) is 5.02 Å². The van der Waals surface area contributed by atoms with Crippen molar-refractivity contribution in [2.45, 2.75) is 17.7 Å². The number of para-hydroxylation sites is 1. The molecule has 0 saturated heterocycles. The van der Waals surface area contributed by atoms with Gasteiger partial charge in [0.15, 0.2) is 5.13 Å².